The normalized spacial score (nSPS) is 11.4. The molecule has 0 bridgehead atoms. The zero-order valence-electron chi connectivity index (χ0n) is 14.4. The first kappa shape index (κ1) is 20.7. The first-order chi connectivity index (χ1) is 12.6. The second kappa shape index (κ2) is 7.96. The SMILES string of the molecule is Cc1nc(N(Cc2ccc(S(N)(=O)=O)cc2)C(N)=S)c([N+](=O)[O-])n1CCN. The van der Waals surface area contributed by atoms with Gasteiger partial charge < -0.3 is 21.6 Å². The number of nitrogens with zero attached hydrogens (tertiary/aromatic N) is 4. The van der Waals surface area contributed by atoms with Gasteiger partial charge in [0.15, 0.2) is 10.9 Å². The highest BCUT2D eigenvalue weighted by Gasteiger charge is 2.30. The van der Waals surface area contributed by atoms with E-state index in [1.807, 2.05) is 0 Å². The van der Waals surface area contributed by atoms with Crippen LogP contribution in [0.5, 0.6) is 0 Å². The van der Waals surface area contributed by atoms with Gasteiger partial charge in [-0.15, -0.1) is 0 Å². The third-order valence-electron chi connectivity index (χ3n) is 3.75. The second-order valence-corrected chi connectivity index (χ2v) is 7.60. The van der Waals surface area contributed by atoms with Crippen molar-refractivity contribution in [3.8, 4) is 0 Å². The summed E-state index contributed by atoms with van der Waals surface area (Å²) < 4.78 is 24.1. The Morgan fingerprint density at radius 3 is 2.41 bits per heavy atom. The van der Waals surface area contributed by atoms with Gasteiger partial charge in [0.05, 0.1) is 11.4 Å². The van der Waals surface area contributed by atoms with E-state index in [-0.39, 0.29) is 41.3 Å². The summed E-state index contributed by atoms with van der Waals surface area (Å²) >= 11 is 5.04. The number of primary sulfonamides is 1. The van der Waals surface area contributed by atoms with Crippen molar-refractivity contribution in [3.63, 3.8) is 0 Å². The number of sulfonamides is 1. The molecule has 146 valence electrons. The fraction of sp³-hybridized carbons (Fsp3) is 0.286. The predicted molar refractivity (Wildman–Crippen MR) is 103 cm³/mol. The summed E-state index contributed by atoms with van der Waals surface area (Å²) in [5.74, 6) is 0.119. The molecule has 0 atom stereocenters. The molecule has 1 heterocycles. The first-order valence-electron chi connectivity index (χ1n) is 7.66. The van der Waals surface area contributed by atoms with Gasteiger partial charge in [-0.1, -0.05) is 12.1 Å². The summed E-state index contributed by atoms with van der Waals surface area (Å²) in [7, 11) is -3.82. The minimum absolute atomic E-state index is 0.00558. The van der Waals surface area contributed by atoms with Crippen LogP contribution in [0, 0.1) is 17.0 Å². The monoisotopic (exact) mass is 413 g/mol. The standard InChI is InChI=1S/C14H19N7O4S2/c1-9-18-12(13(21(22)23)19(9)7-6-15)20(14(16)26)8-10-2-4-11(5-3-10)27(17,24)25/h2-5H,6-8,15H2,1H3,(H2,16,26)(H2,17,24,25). The van der Waals surface area contributed by atoms with Crippen LogP contribution in [0.25, 0.3) is 0 Å². The lowest BCUT2D eigenvalue weighted by molar-refractivity contribution is -0.391. The Morgan fingerprint density at radius 2 is 1.96 bits per heavy atom. The zero-order chi connectivity index (χ0) is 20.4. The topological polar surface area (TPSA) is 176 Å². The molecule has 0 saturated heterocycles. The molecule has 0 aliphatic carbocycles. The molecule has 0 unspecified atom stereocenters. The van der Waals surface area contributed by atoms with Crippen LogP contribution in [-0.2, 0) is 23.1 Å². The van der Waals surface area contributed by atoms with E-state index in [1.54, 1.807) is 6.92 Å². The molecule has 27 heavy (non-hydrogen) atoms. The fourth-order valence-electron chi connectivity index (χ4n) is 2.52. The summed E-state index contributed by atoms with van der Waals surface area (Å²) in [6.45, 7) is 2.08. The highest BCUT2D eigenvalue weighted by molar-refractivity contribution is 7.89. The molecule has 2 rings (SSSR count). The first-order valence-corrected chi connectivity index (χ1v) is 9.62. The Morgan fingerprint density at radius 1 is 1.37 bits per heavy atom. The molecule has 0 saturated carbocycles. The van der Waals surface area contributed by atoms with Crippen molar-refractivity contribution < 1.29 is 13.3 Å². The minimum atomic E-state index is -3.82. The van der Waals surface area contributed by atoms with Crippen molar-refractivity contribution in [3.05, 3.63) is 45.8 Å². The number of benzene rings is 1. The van der Waals surface area contributed by atoms with E-state index in [2.05, 4.69) is 4.98 Å². The highest BCUT2D eigenvalue weighted by atomic mass is 32.2. The van der Waals surface area contributed by atoms with Gasteiger partial charge in [0.2, 0.25) is 15.8 Å². The summed E-state index contributed by atoms with van der Waals surface area (Å²) in [6, 6.07) is 5.69. The van der Waals surface area contributed by atoms with E-state index in [0.717, 1.165) is 0 Å². The van der Waals surface area contributed by atoms with E-state index in [0.29, 0.717) is 11.4 Å². The molecule has 11 nitrogen and oxygen atoms in total. The van der Waals surface area contributed by atoms with Gasteiger partial charge in [-0.2, -0.15) is 4.98 Å². The Hall–Kier alpha value is -2.61. The lowest BCUT2D eigenvalue weighted by atomic mass is 10.2. The molecule has 1 aromatic carbocycles. The molecular weight excluding hydrogens is 394 g/mol. The van der Waals surface area contributed by atoms with Crippen molar-refractivity contribution in [1.82, 2.24) is 9.55 Å². The van der Waals surface area contributed by atoms with E-state index in [9.17, 15) is 18.5 Å². The number of hydrogen-bond acceptors (Lipinski definition) is 7. The Kier molecular flexibility index (Phi) is 6.10. The van der Waals surface area contributed by atoms with Gasteiger partial charge in [-0.25, -0.2) is 18.1 Å². The summed E-state index contributed by atoms with van der Waals surface area (Å²) in [5, 5.41) is 16.5. The summed E-state index contributed by atoms with van der Waals surface area (Å²) in [6.07, 6.45) is 0. The average molecular weight is 413 g/mol. The number of imidazole rings is 1. The molecule has 1 aromatic heterocycles. The van der Waals surface area contributed by atoms with Gasteiger partial charge in [-0.05, 0) is 34.8 Å². The quantitative estimate of drug-likeness (QED) is 0.319. The number of nitrogens with two attached hydrogens (primary N) is 3. The second-order valence-electron chi connectivity index (χ2n) is 5.62. The lowest BCUT2D eigenvalue weighted by Gasteiger charge is -2.20. The van der Waals surface area contributed by atoms with Crippen molar-refractivity contribution in [1.29, 1.82) is 0 Å². The average Bonchev–Trinajstić information content (AvgIpc) is 2.89. The Balaban J connectivity index is 2.46. The van der Waals surface area contributed by atoms with Crippen LogP contribution in [0.3, 0.4) is 0 Å². The van der Waals surface area contributed by atoms with Gasteiger partial charge in [0.1, 0.15) is 6.54 Å². The third kappa shape index (κ3) is 4.57. The molecule has 13 heteroatoms. The predicted octanol–water partition coefficient (Wildman–Crippen LogP) is -0.0440. The van der Waals surface area contributed by atoms with Crippen molar-refractivity contribution >= 4 is 39.0 Å². The maximum atomic E-state index is 11.6. The smallest absolute Gasteiger partial charge is 0.367 e. The van der Waals surface area contributed by atoms with Gasteiger partial charge >= 0.3 is 5.82 Å². The fourth-order valence-corrected chi connectivity index (χ4v) is 3.19. The number of aryl methyl sites for hydroxylation is 1. The third-order valence-corrected chi connectivity index (χ3v) is 4.90. The lowest BCUT2D eigenvalue weighted by Crippen LogP contribution is -2.35. The highest BCUT2D eigenvalue weighted by Crippen LogP contribution is 2.30. The van der Waals surface area contributed by atoms with E-state index >= 15 is 0 Å². The number of rotatable bonds is 7. The molecule has 0 spiro atoms. The molecule has 2 aromatic rings. The van der Waals surface area contributed by atoms with Crippen LogP contribution < -0.4 is 21.5 Å². The number of nitro groups is 1. The number of aromatic nitrogens is 2. The molecule has 0 fully saturated rings. The largest absolute Gasteiger partial charge is 0.376 e. The van der Waals surface area contributed by atoms with Crippen LogP contribution in [0.4, 0.5) is 11.6 Å². The molecule has 6 N–H and O–H groups in total. The number of thiocarbonyl (C=S) groups is 1. The maximum Gasteiger partial charge on any atom is 0.367 e. The van der Waals surface area contributed by atoms with Crippen molar-refractivity contribution in [2.75, 3.05) is 11.4 Å². The molecule has 0 aliphatic heterocycles. The molecule has 0 aliphatic rings. The van der Waals surface area contributed by atoms with E-state index < -0.39 is 14.9 Å². The van der Waals surface area contributed by atoms with Crippen molar-refractivity contribution in [2.24, 2.45) is 16.6 Å². The maximum absolute atomic E-state index is 11.6. The molecule has 0 amide bonds. The summed E-state index contributed by atoms with van der Waals surface area (Å²) in [4.78, 5) is 16.5. The number of anilines is 1. The minimum Gasteiger partial charge on any atom is -0.376 e. The molecule has 0 radical (unpaired) electrons. The van der Waals surface area contributed by atoms with Crippen LogP contribution in [0.1, 0.15) is 11.4 Å². The molecular formula is C14H19N7O4S2. The number of hydrogen-bond donors (Lipinski definition) is 3. The van der Waals surface area contributed by atoms with Crippen LogP contribution in [-0.4, -0.2) is 34.5 Å². The van der Waals surface area contributed by atoms with Crippen LogP contribution >= 0.6 is 12.2 Å². The zero-order valence-corrected chi connectivity index (χ0v) is 16.0. The van der Waals surface area contributed by atoms with Crippen LogP contribution in [0.15, 0.2) is 29.2 Å². The van der Waals surface area contributed by atoms with Crippen molar-refractivity contribution in [2.45, 2.75) is 24.9 Å². The van der Waals surface area contributed by atoms with Gasteiger partial charge in [-0.3, -0.25) is 4.90 Å². The van der Waals surface area contributed by atoms with Crippen LogP contribution in [0.2, 0.25) is 0 Å². The van der Waals surface area contributed by atoms with Gasteiger partial charge in [0.25, 0.3) is 0 Å². The Bertz CT molecular complexity index is 970. The van der Waals surface area contributed by atoms with E-state index in [4.69, 9.17) is 28.8 Å². The Labute approximate surface area is 161 Å². The van der Waals surface area contributed by atoms with E-state index in [1.165, 1.54) is 33.7 Å². The summed E-state index contributed by atoms with van der Waals surface area (Å²) in [5.41, 5.74) is 11.9. The van der Waals surface area contributed by atoms with Gasteiger partial charge in [0, 0.05) is 13.5 Å².